The number of hydrogen-bond acceptors (Lipinski definition) is 3. The smallest absolute Gasteiger partial charge is 0.388 e. The van der Waals surface area contributed by atoms with Crippen molar-refractivity contribution in [3.05, 3.63) is 15.6 Å². The molecule has 1 aromatic heterocycles. The molecule has 0 aliphatic rings. The highest BCUT2D eigenvalue weighted by Crippen LogP contribution is 2.30. The Bertz CT molecular complexity index is 348. The molecular formula is C10H14F3NOS. The van der Waals surface area contributed by atoms with Gasteiger partial charge in [-0.15, -0.1) is 11.3 Å². The van der Waals surface area contributed by atoms with Crippen LogP contribution in [0.3, 0.4) is 0 Å². The van der Waals surface area contributed by atoms with Crippen LogP contribution in [0.1, 0.15) is 40.9 Å². The minimum absolute atomic E-state index is 0.0545. The summed E-state index contributed by atoms with van der Waals surface area (Å²) in [5, 5.41) is 10.5. The van der Waals surface area contributed by atoms with E-state index in [9.17, 15) is 18.3 Å². The Morgan fingerprint density at radius 1 is 1.38 bits per heavy atom. The maximum Gasteiger partial charge on any atom is 0.389 e. The first-order valence-corrected chi connectivity index (χ1v) is 5.80. The SMILES string of the molecule is Cc1nc(C)c(C(O)CCCC(F)(F)F)s1. The van der Waals surface area contributed by atoms with Gasteiger partial charge in [0.2, 0.25) is 0 Å². The summed E-state index contributed by atoms with van der Waals surface area (Å²) in [6, 6.07) is 0. The third kappa shape index (κ3) is 4.09. The zero-order valence-electron chi connectivity index (χ0n) is 9.14. The van der Waals surface area contributed by atoms with Gasteiger partial charge in [-0.3, -0.25) is 0 Å². The molecule has 0 aliphatic heterocycles. The monoisotopic (exact) mass is 253 g/mol. The molecule has 1 N–H and O–H groups in total. The third-order valence-corrected chi connectivity index (χ3v) is 3.35. The number of rotatable bonds is 4. The molecule has 1 aromatic rings. The van der Waals surface area contributed by atoms with E-state index in [4.69, 9.17) is 0 Å². The fourth-order valence-corrected chi connectivity index (χ4v) is 2.43. The maximum atomic E-state index is 11.9. The average molecular weight is 253 g/mol. The van der Waals surface area contributed by atoms with Crippen LogP contribution in [0.4, 0.5) is 13.2 Å². The molecule has 0 bridgehead atoms. The first-order valence-electron chi connectivity index (χ1n) is 4.98. The molecule has 0 aliphatic carbocycles. The number of aliphatic hydroxyl groups is 1. The zero-order chi connectivity index (χ0) is 12.3. The van der Waals surface area contributed by atoms with Crippen LogP contribution in [0.25, 0.3) is 0 Å². The molecule has 0 amide bonds. The van der Waals surface area contributed by atoms with Gasteiger partial charge in [-0.25, -0.2) is 4.98 Å². The lowest BCUT2D eigenvalue weighted by Gasteiger charge is -2.10. The van der Waals surface area contributed by atoms with Crippen molar-refractivity contribution in [2.45, 2.75) is 45.4 Å². The van der Waals surface area contributed by atoms with Crippen molar-refractivity contribution >= 4 is 11.3 Å². The van der Waals surface area contributed by atoms with E-state index in [1.807, 2.05) is 6.92 Å². The van der Waals surface area contributed by atoms with Gasteiger partial charge >= 0.3 is 6.18 Å². The lowest BCUT2D eigenvalue weighted by molar-refractivity contribution is -0.136. The van der Waals surface area contributed by atoms with Crippen LogP contribution in [-0.4, -0.2) is 16.3 Å². The van der Waals surface area contributed by atoms with Gasteiger partial charge in [-0.2, -0.15) is 13.2 Å². The molecule has 0 aromatic carbocycles. The van der Waals surface area contributed by atoms with Crippen LogP contribution < -0.4 is 0 Å². The van der Waals surface area contributed by atoms with E-state index in [1.54, 1.807) is 6.92 Å². The Morgan fingerprint density at radius 3 is 2.44 bits per heavy atom. The molecule has 1 unspecified atom stereocenters. The summed E-state index contributed by atoms with van der Waals surface area (Å²) in [7, 11) is 0. The molecule has 0 spiro atoms. The third-order valence-electron chi connectivity index (χ3n) is 2.18. The minimum atomic E-state index is -4.14. The Labute approximate surface area is 96.1 Å². The van der Waals surface area contributed by atoms with Gasteiger partial charge < -0.3 is 5.11 Å². The van der Waals surface area contributed by atoms with E-state index in [0.29, 0.717) is 10.6 Å². The van der Waals surface area contributed by atoms with E-state index in [1.165, 1.54) is 11.3 Å². The first-order chi connectivity index (χ1) is 7.29. The van der Waals surface area contributed by atoms with Gasteiger partial charge in [0.25, 0.3) is 0 Å². The molecule has 1 rings (SSSR count). The Morgan fingerprint density at radius 2 is 2.00 bits per heavy atom. The van der Waals surface area contributed by atoms with Crippen molar-refractivity contribution in [1.29, 1.82) is 0 Å². The molecule has 92 valence electrons. The predicted octanol–water partition coefficient (Wildman–Crippen LogP) is 3.53. The molecule has 2 nitrogen and oxygen atoms in total. The second-order valence-corrected chi connectivity index (χ2v) is 4.94. The van der Waals surface area contributed by atoms with E-state index >= 15 is 0 Å². The van der Waals surface area contributed by atoms with E-state index < -0.39 is 18.7 Å². The van der Waals surface area contributed by atoms with E-state index in [2.05, 4.69) is 4.98 Å². The molecule has 1 heterocycles. The van der Waals surface area contributed by atoms with Crippen molar-refractivity contribution < 1.29 is 18.3 Å². The first kappa shape index (κ1) is 13.4. The van der Waals surface area contributed by atoms with Crippen LogP contribution in [0.2, 0.25) is 0 Å². The van der Waals surface area contributed by atoms with Crippen molar-refractivity contribution in [2.24, 2.45) is 0 Å². The summed E-state index contributed by atoms with van der Waals surface area (Å²) in [5.74, 6) is 0. The Kier molecular flexibility index (Phi) is 4.32. The quantitative estimate of drug-likeness (QED) is 0.890. The number of halogens is 3. The number of aryl methyl sites for hydroxylation is 2. The molecule has 6 heteroatoms. The van der Waals surface area contributed by atoms with Crippen molar-refractivity contribution in [3.8, 4) is 0 Å². The van der Waals surface area contributed by atoms with Crippen molar-refractivity contribution in [2.75, 3.05) is 0 Å². The summed E-state index contributed by atoms with van der Waals surface area (Å²) in [5.41, 5.74) is 0.710. The van der Waals surface area contributed by atoms with Crippen LogP contribution in [-0.2, 0) is 0 Å². The lowest BCUT2D eigenvalue weighted by atomic mass is 10.1. The Hall–Kier alpha value is -0.620. The van der Waals surface area contributed by atoms with Crippen molar-refractivity contribution in [3.63, 3.8) is 0 Å². The number of aliphatic hydroxyl groups excluding tert-OH is 1. The second kappa shape index (κ2) is 5.14. The van der Waals surface area contributed by atoms with Crippen molar-refractivity contribution in [1.82, 2.24) is 4.98 Å². The average Bonchev–Trinajstić information content (AvgIpc) is 2.43. The number of nitrogens with zero attached hydrogens (tertiary/aromatic N) is 1. The number of aromatic nitrogens is 1. The number of hydrogen-bond donors (Lipinski definition) is 1. The van der Waals surface area contributed by atoms with Gasteiger partial charge in [-0.05, 0) is 26.7 Å². The fourth-order valence-electron chi connectivity index (χ4n) is 1.48. The molecule has 1 atom stereocenters. The largest absolute Gasteiger partial charge is 0.389 e. The molecule has 0 radical (unpaired) electrons. The standard InChI is InChI=1S/C10H14F3NOS/c1-6-9(16-7(2)14-6)8(15)4-3-5-10(11,12)13/h8,15H,3-5H2,1-2H3. The van der Waals surface area contributed by atoms with Gasteiger partial charge in [0.15, 0.2) is 0 Å². The van der Waals surface area contributed by atoms with Gasteiger partial charge in [0.1, 0.15) is 0 Å². The zero-order valence-corrected chi connectivity index (χ0v) is 9.95. The van der Waals surface area contributed by atoms with E-state index in [-0.39, 0.29) is 12.8 Å². The summed E-state index contributed by atoms with van der Waals surface area (Å²) in [4.78, 5) is 4.81. The molecular weight excluding hydrogens is 239 g/mol. The number of thiazole rings is 1. The fraction of sp³-hybridized carbons (Fsp3) is 0.700. The lowest BCUT2D eigenvalue weighted by Crippen LogP contribution is -2.08. The maximum absolute atomic E-state index is 11.9. The minimum Gasteiger partial charge on any atom is -0.388 e. The van der Waals surface area contributed by atoms with Crippen LogP contribution in [0.15, 0.2) is 0 Å². The second-order valence-electron chi connectivity index (χ2n) is 3.71. The highest BCUT2D eigenvalue weighted by Gasteiger charge is 2.27. The highest BCUT2D eigenvalue weighted by atomic mass is 32.1. The molecule has 16 heavy (non-hydrogen) atoms. The van der Waals surface area contributed by atoms with Gasteiger partial charge in [-0.1, -0.05) is 0 Å². The summed E-state index contributed by atoms with van der Waals surface area (Å²) >= 11 is 1.34. The normalized spacial score (nSPS) is 14.1. The summed E-state index contributed by atoms with van der Waals surface area (Å²) in [6.45, 7) is 3.56. The predicted molar refractivity (Wildman–Crippen MR) is 56.5 cm³/mol. The number of alkyl halides is 3. The summed E-state index contributed by atoms with van der Waals surface area (Å²) in [6.07, 6.45) is -5.74. The highest BCUT2D eigenvalue weighted by molar-refractivity contribution is 7.11. The summed E-state index contributed by atoms with van der Waals surface area (Å²) < 4.78 is 35.7. The van der Waals surface area contributed by atoms with E-state index in [0.717, 1.165) is 5.01 Å². The topological polar surface area (TPSA) is 33.1 Å². The molecule has 0 saturated heterocycles. The van der Waals surface area contributed by atoms with Crippen LogP contribution in [0.5, 0.6) is 0 Å². The van der Waals surface area contributed by atoms with Crippen LogP contribution in [0, 0.1) is 13.8 Å². The molecule has 0 saturated carbocycles. The van der Waals surface area contributed by atoms with Gasteiger partial charge in [0, 0.05) is 6.42 Å². The van der Waals surface area contributed by atoms with Gasteiger partial charge in [0.05, 0.1) is 21.7 Å². The Balaban J connectivity index is 2.47. The molecule has 0 fully saturated rings. The van der Waals surface area contributed by atoms with Crippen LogP contribution >= 0.6 is 11.3 Å².